The van der Waals surface area contributed by atoms with Crippen molar-refractivity contribution in [3.63, 3.8) is 0 Å². The Kier molecular flexibility index (Phi) is 6.29. The number of rotatable bonds is 3. The Labute approximate surface area is 134 Å². The molecule has 132 valence electrons. The first-order valence-electron chi connectivity index (χ1n) is 6.62. The first-order chi connectivity index (χ1) is 11.1. The number of carbonyl (C=O) groups excluding carboxylic acids is 1. The summed E-state index contributed by atoms with van der Waals surface area (Å²) in [6.07, 6.45) is -2.86. The molecule has 0 radical (unpaired) electrons. The van der Waals surface area contributed by atoms with E-state index in [2.05, 4.69) is 14.9 Å². The number of aromatic nitrogens is 2. The van der Waals surface area contributed by atoms with Crippen LogP contribution >= 0.6 is 0 Å². The van der Waals surface area contributed by atoms with Gasteiger partial charge in [0.15, 0.2) is 0 Å². The molecule has 0 aliphatic carbocycles. The highest BCUT2D eigenvalue weighted by atomic mass is 19.4. The fourth-order valence-corrected chi connectivity index (χ4v) is 1.92. The van der Waals surface area contributed by atoms with E-state index in [0.717, 1.165) is 22.0 Å². The Balaban J connectivity index is 0.000000351. The van der Waals surface area contributed by atoms with E-state index in [1.54, 1.807) is 6.20 Å². The van der Waals surface area contributed by atoms with Crippen molar-refractivity contribution < 1.29 is 32.6 Å². The number of H-pyrrole nitrogens is 1. The zero-order valence-electron chi connectivity index (χ0n) is 12.8. The standard InChI is InChI=1S/C12H15N3O2.C2HF3O2/c1-7-3-8(5-10(13)12(16)17-2)4-9-6-14-15-11(7)9;3-2(4,5)1(6)7/h3-4,6,10H,5,13H2,1-2H3,(H,14,15);(H,6,7)/t10-;/m1./s1. The molecular formula is C14H16F3N3O4. The van der Waals surface area contributed by atoms with E-state index in [4.69, 9.17) is 15.6 Å². The molecule has 0 saturated heterocycles. The van der Waals surface area contributed by atoms with Gasteiger partial charge in [-0.05, 0) is 30.5 Å². The molecule has 1 heterocycles. The van der Waals surface area contributed by atoms with Crippen molar-refractivity contribution in [2.45, 2.75) is 25.6 Å². The number of carbonyl (C=O) groups is 2. The average molecular weight is 347 g/mol. The van der Waals surface area contributed by atoms with Crippen molar-refractivity contribution in [2.75, 3.05) is 7.11 Å². The molecule has 10 heteroatoms. The van der Waals surface area contributed by atoms with Crippen LogP contribution in [0.15, 0.2) is 18.3 Å². The number of carboxylic acids is 1. The number of nitrogens with zero attached hydrogens (tertiary/aromatic N) is 1. The van der Waals surface area contributed by atoms with E-state index in [0.29, 0.717) is 6.42 Å². The van der Waals surface area contributed by atoms with Gasteiger partial charge in [0, 0.05) is 5.39 Å². The topological polar surface area (TPSA) is 118 Å². The van der Waals surface area contributed by atoms with Crippen LogP contribution < -0.4 is 5.73 Å². The molecule has 1 atom stereocenters. The normalized spacial score (nSPS) is 12.2. The lowest BCUT2D eigenvalue weighted by Gasteiger charge is -2.10. The molecule has 1 aromatic carbocycles. The van der Waals surface area contributed by atoms with Crippen molar-refractivity contribution in [1.82, 2.24) is 10.2 Å². The molecule has 0 amide bonds. The summed E-state index contributed by atoms with van der Waals surface area (Å²) in [5.74, 6) is -3.15. The van der Waals surface area contributed by atoms with Gasteiger partial charge in [-0.15, -0.1) is 0 Å². The molecule has 24 heavy (non-hydrogen) atoms. The average Bonchev–Trinajstić information content (AvgIpc) is 2.94. The second-order valence-electron chi connectivity index (χ2n) is 4.88. The third kappa shape index (κ3) is 5.23. The third-order valence-corrected chi connectivity index (χ3v) is 3.01. The molecule has 0 saturated carbocycles. The minimum absolute atomic E-state index is 0.394. The highest BCUT2D eigenvalue weighted by Crippen LogP contribution is 2.19. The summed E-state index contributed by atoms with van der Waals surface area (Å²) < 4.78 is 36.3. The van der Waals surface area contributed by atoms with Crippen LogP contribution in [0.1, 0.15) is 11.1 Å². The first kappa shape index (κ1) is 19.4. The predicted molar refractivity (Wildman–Crippen MR) is 78.2 cm³/mol. The Bertz CT molecular complexity index is 728. The Hall–Kier alpha value is -2.62. The largest absolute Gasteiger partial charge is 0.490 e. The van der Waals surface area contributed by atoms with Crippen molar-refractivity contribution in [3.05, 3.63) is 29.5 Å². The summed E-state index contributed by atoms with van der Waals surface area (Å²) in [5, 5.41) is 15.1. The number of ether oxygens (including phenoxy) is 1. The molecule has 0 fully saturated rings. The summed E-state index contributed by atoms with van der Waals surface area (Å²) in [5.41, 5.74) is 8.84. The Morgan fingerprint density at radius 3 is 2.50 bits per heavy atom. The van der Waals surface area contributed by atoms with Gasteiger partial charge in [0.05, 0.1) is 18.8 Å². The van der Waals surface area contributed by atoms with Gasteiger partial charge in [-0.25, -0.2) is 4.79 Å². The number of hydrogen-bond donors (Lipinski definition) is 3. The summed E-state index contributed by atoms with van der Waals surface area (Å²) in [6, 6.07) is 3.36. The number of nitrogens with one attached hydrogen (secondary N) is 1. The molecule has 2 aromatic rings. The summed E-state index contributed by atoms with van der Waals surface area (Å²) in [7, 11) is 1.34. The van der Waals surface area contributed by atoms with Gasteiger partial charge in [-0.1, -0.05) is 6.07 Å². The minimum atomic E-state index is -5.08. The Morgan fingerprint density at radius 2 is 2.00 bits per heavy atom. The van der Waals surface area contributed by atoms with Crippen LogP contribution in [0.25, 0.3) is 10.9 Å². The molecule has 4 N–H and O–H groups in total. The number of carboxylic acid groups (broad SMARTS) is 1. The highest BCUT2D eigenvalue weighted by Gasteiger charge is 2.38. The number of benzene rings is 1. The molecular weight excluding hydrogens is 331 g/mol. The zero-order valence-corrected chi connectivity index (χ0v) is 12.8. The van der Waals surface area contributed by atoms with Gasteiger partial charge in [0.25, 0.3) is 0 Å². The third-order valence-electron chi connectivity index (χ3n) is 3.01. The summed E-state index contributed by atoms with van der Waals surface area (Å²) in [6.45, 7) is 1.99. The van der Waals surface area contributed by atoms with Crippen LogP contribution in [0.4, 0.5) is 13.2 Å². The lowest BCUT2D eigenvalue weighted by Crippen LogP contribution is -2.33. The van der Waals surface area contributed by atoms with Gasteiger partial charge in [-0.2, -0.15) is 18.3 Å². The first-order valence-corrected chi connectivity index (χ1v) is 6.62. The lowest BCUT2D eigenvalue weighted by atomic mass is 10.0. The summed E-state index contributed by atoms with van der Waals surface area (Å²) in [4.78, 5) is 20.1. The van der Waals surface area contributed by atoms with Crippen LogP contribution in [0, 0.1) is 6.92 Å². The SMILES string of the molecule is COC(=O)[C@H](N)Cc1cc(C)c2[nH]ncc2c1.O=C(O)C(F)(F)F. The molecule has 2 rings (SSSR count). The highest BCUT2D eigenvalue weighted by molar-refractivity contribution is 5.82. The number of esters is 1. The van der Waals surface area contributed by atoms with Crippen molar-refractivity contribution in [2.24, 2.45) is 5.73 Å². The fraction of sp³-hybridized carbons (Fsp3) is 0.357. The number of fused-ring (bicyclic) bond motifs is 1. The lowest BCUT2D eigenvalue weighted by molar-refractivity contribution is -0.192. The van der Waals surface area contributed by atoms with Crippen LogP contribution in [0.5, 0.6) is 0 Å². The summed E-state index contributed by atoms with van der Waals surface area (Å²) >= 11 is 0. The van der Waals surface area contributed by atoms with Gasteiger partial charge >= 0.3 is 18.1 Å². The van der Waals surface area contributed by atoms with Gasteiger partial charge in [-0.3, -0.25) is 9.89 Å². The monoisotopic (exact) mass is 347 g/mol. The van der Waals surface area contributed by atoms with E-state index >= 15 is 0 Å². The number of aryl methyl sites for hydroxylation is 1. The maximum atomic E-state index is 11.2. The van der Waals surface area contributed by atoms with Crippen molar-refractivity contribution in [3.8, 4) is 0 Å². The number of halogens is 3. The molecule has 0 spiro atoms. The van der Waals surface area contributed by atoms with E-state index < -0.39 is 24.2 Å². The minimum Gasteiger partial charge on any atom is -0.475 e. The van der Waals surface area contributed by atoms with Crippen LogP contribution in [0.3, 0.4) is 0 Å². The van der Waals surface area contributed by atoms with Crippen LogP contribution in [0.2, 0.25) is 0 Å². The number of aliphatic carboxylic acids is 1. The number of alkyl halides is 3. The van der Waals surface area contributed by atoms with E-state index in [9.17, 15) is 18.0 Å². The molecule has 0 unspecified atom stereocenters. The number of methoxy groups -OCH3 is 1. The molecule has 0 aliphatic rings. The molecule has 0 aliphatic heterocycles. The molecule has 7 nitrogen and oxygen atoms in total. The second kappa shape index (κ2) is 7.77. The zero-order chi connectivity index (χ0) is 18.5. The maximum absolute atomic E-state index is 11.2. The van der Waals surface area contributed by atoms with Crippen LogP contribution in [-0.4, -0.2) is 46.6 Å². The van der Waals surface area contributed by atoms with Gasteiger partial charge < -0.3 is 15.6 Å². The predicted octanol–water partition coefficient (Wildman–Crippen LogP) is 1.55. The number of hydrogen-bond acceptors (Lipinski definition) is 5. The van der Waals surface area contributed by atoms with Crippen LogP contribution in [-0.2, 0) is 20.7 Å². The van der Waals surface area contributed by atoms with Crippen molar-refractivity contribution in [1.29, 1.82) is 0 Å². The molecule has 1 aromatic heterocycles. The van der Waals surface area contributed by atoms with Crippen molar-refractivity contribution >= 4 is 22.8 Å². The smallest absolute Gasteiger partial charge is 0.475 e. The number of aromatic amines is 1. The van der Waals surface area contributed by atoms with Gasteiger partial charge in [0.1, 0.15) is 6.04 Å². The second-order valence-corrected chi connectivity index (χ2v) is 4.88. The quantitative estimate of drug-likeness (QED) is 0.725. The Morgan fingerprint density at radius 1 is 1.42 bits per heavy atom. The fourth-order valence-electron chi connectivity index (χ4n) is 1.92. The number of nitrogens with two attached hydrogens (primary N) is 1. The van der Waals surface area contributed by atoms with E-state index in [-0.39, 0.29) is 0 Å². The van der Waals surface area contributed by atoms with E-state index in [1.165, 1.54) is 7.11 Å². The molecule has 0 bridgehead atoms. The van der Waals surface area contributed by atoms with Gasteiger partial charge in [0.2, 0.25) is 0 Å². The van der Waals surface area contributed by atoms with E-state index in [1.807, 2.05) is 19.1 Å². The maximum Gasteiger partial charge on any atom is 0.490 e.